The fraction of sp³-hybridized carbons (Fsp3) is 0.548. The maximum absolute atomic E-state index is 7.37. The highest BCUT2D eigenvalue weighted by Crippen LogP contribution is 2.52. The summed E-state index contributed by atoms with van der Waals surface area (Å²) in [5.41, 5.74) is 1.86. The molecule has 0 amide bonds. The van der Waals surface area contributed by atoms with Crippen LogP contribution in [-0.2, 0) is 4.74 Å². The van der Waals surface area contributed by atoms with Gasteiger partial charge in [0.1, 0.15) is 8.07 Å². The van der Waals surface area contributed by atoms with Crippen molar-refractivity contribution in [2.75, 3.05) is 0 Å². The van der Waals surface area contributed by atoms with Gasteiger partial charge in [0.25, 0.3) is 0 Å². The lowest BCUT2D eigenvalue weighted by Gasteiger charge is -2.54. The molecular weight excluding hydrogens is 416 g/mol. The van der Waals surface area contributed by atoms with Crippen LogP contribution in [0, 0.1) is 5.92 Å². The third-order valence-corrected chi connectivity index (χ3v) is 15.4. The minimum atomic E-state index is -2.13. The second kappa shape index (κ2) is 9.19. The first-order chi connectivity index (χ1) is 15.9. The Balaban J connectivity index is 1.59. The first-order valence-electron chi connectivity index (χ1n) is 13.4. The molecule has 2 atom stereocenters. The molecule has 0 radical (unpaired) electrons. The van der Waals surface area contributed by atoms with Crippen LogP contribution < -0.4 is 10.4 Å². The van der Waals surface area contributed by atoms with Gasteiger partial charge in [-0.3, -0.25) is 0 Å². The lowest BCUT2D eigenvalue weighted by molar-refractivity contribution is -0.156. The number of hydrogen-bond donors (Lipinski definition) is 0. The van der Waals surface area contributed by atoms with Crippen molar-refractivity contribution in [3.63, 3.8) is 0 Å². The maximum Gasteiger partial charge on any atom is 0.125 e. The largest absolute Gasteiger partial charge is 0.371 e. The van der Waals surface area contributed by atoms with Gasteiger partial charge in [0.05, 0.1) is 11.7 Å². The van der Waals surface area contributed by atoms with Crippen LogP contribution in [0.2, 0.25) is 11.1 Å². The molecule has 0 bridgehead atoms. The third kappa shape index (κ3) is 4.19. The van der Waals surface area contributed by atoms with Gasteiger partial charge in [0, 0.05) is 5.92 Å². The fourth-order valence-electron chi connectivity index (χ4n) is 7.57. The molecule has 1 aliphatic heterocycles. The van der Waals surface area contributed by atoms with E-state index in [2.05, 4.69) is 87.5 Å². The number of benzene rings is 2. The van der Waals surface area contributed by atoms with E-state index in [-0.39, 0.29) is 10.6 Å². The summed E-state index contributed by atoms with van der Waals surface area (Å²) >= 11 is 0. The molecule has 1 heterocycles. The SMILES string of the molecule is CC(C)(C)[Si](C[C@@H]1CC2=CCCC[C@H]2C2(CCCCC2)O1)(c1ccccc1)c1ccccc1. The van der Waals surface area contributed by atoms with Gasteiger partial charge in [-0.1, -0.05) is 123 Å². The average Bonchev–Trinajstić information content (AvgIpc) is 2.83. The fourth-order valence-corrected chi connectivity index (χ4v) is 13.2. The van der Waals surface area contributed by atoms with Gasteiger partial charge in [0.2, 0.25) is 0 Å². The van der Waals surface area contributed by atoms with E-state index in [9.17, 15) is 0 Å². The molecule has 1 saturated carbocycles. The predicted molar refractivity (Wildman–Crippen MR) is 143 cm³/mol. The highest BCUT2D eigenvalue weighted by atomic mass is 28.3. The standard InChI is InChI=1S/C31H42OSi/c1-30(2,3)33(27-16-7-4-8-17-27,28-18-9-5-10-19-28)24-26-23-25-15-11-12-20-29(25)31(32-26)21-13-6-14-22-31/h4-5,7-10,15-19,26,29H,6,11-14,20-24H2,1-3H3/t26-,29+/m0/s1. The van der Waals surface area contributed by atoms with Gasteiger partial charge in [0.15, 0.2) is 0 Å². The maximum atomic E-state index is 7.37. The molecule has 0 unspecified atom stereocenters. The predicted octanol–water partition coefficient (Wildman–Crippen LogP) is 7.27. The summed E-state index contributed by atoms with van der Waals surface area (Å²) in [6.07, 6.45) is 14.7. The molecule has 33 heavy (non-hydrogen) atoms. The van der Waals surface area contributed by atoms with Crippen molar-refractivity contribution in [3.8, 4) is 0 Å². The quantitative estimate of drug-likeness (QED) is 0.346. The Morgan fingerprint density at radius 3 is 2.03 bits per heavy atom. The van der Waals surface area contributed by atoms with Gasteiger partial charge >= 0.3 is 0 Å². The topological polar surface area (TPSA) is 9.23 Å². The van der Waals surface area contributed by atoms with E-state index >= 15 is 0 Å². The molecular formula is C31H42OSi. The third-order valence-electron chi connectivity index (χ3n) is 9.10. The zero-order chi connectivity index (χ0) is 22.9. The van der Waals surface area contributed by atoms with Gasteiger partial charge in [-0.2, -0.15) is 0 Å². The molecule has 2 fully saturated rings. The molecule has 2 heteroatoms. The van der Waals surface area contributed by atoms with Crippen molar-refractivity contribution in [2.24, 2.45) is 5.92 Å². The zero-order valence-corrected chi connectivity index (χ0v) is 22.0. The molecule has 176 valence electrons. The number of fused-ring (bicyclic) bond motifs is 2. The highest BCUT2D eigenvalue weighted by Gasteiger charge is 2.53. The normalized spacial score (nSPS) is 25.4. The van der Waals surface area contributed by atoms with Crippen LogP contribution in [0.1, 0.15) is 78.6 Å². The van der Waals surface area contributed by atoms with Crippen molar-refractivity contribution in [1.82, 2.24) is 0 Å². The van der Waals surface area contributed by atoms with Gasteiger partial charge in [-0.25, -0.2) is 0 Å². The van der Waals surface area contributed by atoms with Gasteiger partial charge < -0.3 is 4.74 Å². The van der Waals surface area contributed by atoms with Crippen LogP contribution in [0.4, 0.5) is 0 Å². The highest BCUT2D eigenvalue weighted by molar-refractivity contribution is 7.04. The Kier molecular flexibility index (Phi) is 6.44. The van der Waals surface area contributed by atoms with Crippen LogP contribution in [0.15, 0.2) is 72.3 Å². The summed E-state index contributed by atoms with van der Waals surface area (Å²) in [6, 6.07) is 24.1. The number of hydrogen-bond acceptors (Lipinski definition) is 1. The van der Waals surface area contributed by atoms with Crippen molar-refractivity contribution in [3.05, 3.63) is 72.3 Å². The molecule has 0 N–H and O–H groups in total. The summed E-state index contributed by atoms with van der Waals surface area (Å²) in [6.45, 7) is 7.46. The van der Waals surface area contributed by atoms with E-state index < -0.39 is 8.07 Å². The summed E-state index contributed by atoms with van der Waals surface area (Å²) in [4.78, 5) is 0. The molecule has 3 aliphatic rings. The molecule has 2 aromatic rings. The van der Waals surface area contributed by atoms with E-state index in [0.29, 0.717) is 12.0 Å². The Morgan fingerprint density at radius 1 is 0.848 bits per heavy atom. The van der Waals surface area contributed by atoms with Crippen molar-refractivity contribution < 1.29 is 4.74 Å². The van der Waals surface area contributed by atoms with E-state index in [1.54, 1.807) is 15.9 Å². The van der Waals surface area contributed by atoms with Crippen LogP contribution >= 0.6 is 0 Å². The Labute approximate surface area is 202 Å². The van der Waals surface area contributed by atoms with Gasteiger partial charge in [-0.05, 0) is 49.6 Å². The van der Waals surface area contributed by atoms with E-state index in [1.165, 1.54) is 57.4 Å². The second-order valence-electron chi connectivity index (χ2n) is 11.9. The monoisotopic (exact) mass is 458 g/mol. The molecule has 1 spiro atoms. The number of rotatable bonds is 4. The number of allylic oxidation sites excluding steroid dienone is 1. The molecule has 1 nitrogen and oxygen atoms in total. The summed E-state index contributed by atoms with van der Waals surface area (Å²) in [5, 5.41) is 3.31. The average molecular weight is 459 g/mol. The van der Waals surface area contributed by atoms with Gasteiger partial charge in [-0.15, -0.1) is 0 Å². The Morgan fingerprint density at radius 2 is 1.45 bits per heavy atom. The Bertz CT molecular complexity index is 910. The first-order valence-corrected chi connectivity index (χ1v) is 15.6. The first kappa shape index (κ1) is 23.1. The van der Waals surface area contributed by atoms with E-state index in [0.717, 1.165) is 6.42 Å². The summed E-state index contributed by atoms with van der Waals surface area (Å²) in [7, 11) is -2.13. The van der Waals surface area contributed by atoms with E-state index in [4.69, 9.17) is 4.74 Å². The second-order valence-corrected chi connectivity index (χ2v) is 16.8. The molecule has 5 rings (SSSR count). The lowest BCUT2D eigenvalue weighted by Crippen LogP contribution is -2.66. The van der Waals surface area contributed by atoms with Crippen molar-refractivity contribution in [2.45, 2.75) is 101 Å². The van der Waals surface area contributed by atoms with Crippen molar-refractivity contribution >= 4 is 18.4 Å². The zero-order valence-electron chi connectivity index (χ0n) is 21.0. The molecule has 2 aromatic carbocycles. The van der Waals surface area contributed by atoms with Crippen LogP contribution in [0.5, 0.6) is 0 Å². The van der Waals surface area contributed by atoms with Crippen molar-refractivity contribution in [1.29, 1.82) is 0 Å². The van der Waals surface area contributed by atoms with Crippen LogP contribution in [0.3, 0.4) is 0 Å². The smallest absolute Gasteiger partial charge is 0.125 e. The molecule has 1 saturated heterocycles. The summed E-state index contributed by atoms with van der Waals surface area (Å²) in [5.74, 6) is 0.682. The minimum absolute atomic E-state index is 0.110. The number of ether oxygens (including phenoxy) is 1. The minimum Gasteiger partial charge on any atom is -0.371 e. The Hall–Kier alpha value is -1.64. The molecule has 0 aromatic heterocycles. The van der Waals surface area contributed by atoms with Crippen LogP contribution in [-0.4, -0.2) is 19.8 Å². The molecule has 2 aliphatic carbocycles. The lowest BCUT2D eigenvalue weighted by atomic mass is 9.66. The summed E-state index contributed by atoms with van der Waals surface area (Å²) < 4.78 is 7.37. The van der Waals surface area contributed by atoms with Crippen LogP contribution in [0.25, 0.3) is 0 Å². The van der Waals surface area contributed by atoms with E-state index in [1.807, 2.05) is 0 Å².